The third kappa shape index (κ3) is 5.19. The lowest BCUT2D eigenvalue weighted by molar-refractivity contribution is -0.139. The molecule has 0 spiro atoms. The Bertz CT molecular complexity index is 361. The van der Waals surface area contributed by atoms with E-state index in [0.29, 0.717) is 12.5 Å². The Labute approximate surface area is 125 Å². The van der Waals surface area contributed by atoms with Crippen molar-refractivity contribution in [3.63, 3.8) is 0 Å². The van der Waals surface area contributed by atoms with E-state index < -0.39 is 11.5 Å². The number of hydrogen-bond donors (Lipinski definition) is 3. The zero-order chi connectivity index (χ0) is 15.1. The summed E-state index contributed by atoms with van der Waals surface area (Å²) < 4.78 is 5.29. The van der Waals surface area contributed by atoms with Gasteiger partial charge in [0, 0.05) is 19.8 Å². The van der Waals surface area contributed by atoms with Crippen LogP contribution in [0.5, 0.6) is 0 Å². The number of nitrogens with one attached hydrogen (secondary N) is 2. The maximum Gasteiger partial charge on any atom is 0.315 e. The van der Waals surface area contributed by atoms with Crippen molar-refractivity contribution in [1.29, 1.82) is 0 Å². The summed E-state index contributed by atoms with van der Waals surface area (Å²) in [6.07, 6.45) is 6.54. The zero-order valence-electron chi connectivity index (χ0n) is 12.5. The second-order valence-electron chi connectivity index (χ2n) is 6.30. The van der Waals surface area contributed by atoms with Gasteiger partial charge in [0.05, 0.1) is 12.0 Å². The molecule has 1 saturated heterocycles. The van der Waals surface area contributed by atoms with Gasteiger partial charge in [0.15, 0.2) is 0 Å². The molecule has 0 atom stereocenters. The molecular weight excluding hydrogens is 272 g/mol. The van der Waals surface area contributed by atoms with E-state index in [1.165, 1.54) is 0 Å². The first-order valence-electron chi connectivity index (χ1n) is 7.95. The van der Waals surface area contributed by atoms with Crippen LogP contribution in [-0.4, -0.2) is 42.4 Å². The predicted octanol–water partition coefficient (Wildman–Crippen LogP) is 1.89. The van der Waals surface area contributed by atoms with Crippen LogP contribution in [-0.2, 0) is 9.53 Å². The molecule has 2 fully saturated rings. The molecule has 6 nitrogen and oxygen atoms in total. The molecule has 1 saturated carbocycles. The Kier molecular flexibility index (Phi) is 5.85. The molecule has 2 aliphatic rings. The van der Waals surface area contributed by atoms with Crippen molar-refractivity contribution < 1.29 is 19.4 Å². The van der Waals surface area contributed by atoms with Crippen molar-refractivity contribution in [3.05, 3.63) is 0 Å². The van der Waals surface area contributed by atoms with Crippen molar-refractivity contribution in [2.45, 2.75) is 56.9 Å². The monoisotopic (exact) mass is 298 g/mol. The number of ether oxygens (including phenoxy) is 1. The van der Waals surface area contributed by atoms with Gasteiger partial charge < -0.3 is 20.5 Å². The number of rotatable bonds is 5. The van der Waals surface area contributed by atoms with Crippen LogP contribution in [0.3, 0.4) is 0 Å². The van der Waals surface area contributed by atoms with Crippen molar-refractivity contribution in [2.75, 3.05) is 19.8 Å². The molecule has 1 aliphatic carbocycles. The van der Waals surface area contributed by atoms with Gasteiger partial charge in [-0.3, -0.25) is 4.79 Å². The van der Waals surface area contributed by atoms with E-state index in [0.717, 1.165) is 58.2 Å². The summed E-state index contributed by atoms with van der Waals surface area (Å²) in [5, 5.41) is 14.9. The number of carboxylic acid groups (broad SMARTS) is 1. The fourth-order valence-corrected chi connectivity index (χ4v) is 3.34. The molecule has 0 aromatic carbocycles. The van der Waals surface area contributed by atoms with Crippen LogP contribution >= 0.6 is 0 Å². The second kappa shape index (κ2) is 7.64. The number of aliphatic carboxylic acids is 1. The summed E-state index contributed by atoms with van der Waals surface area (Å²) in [7, 11) is 0. The number of urea groups is 1. The summed E-state index contributed by atoms with van der Waals surface area (Å²) >= 11 is 0. The maximum atomic E-state index is 12.1. The van der Waals surface area contributed by atoms with Gasteiger partial charge in [0.25, 0.3) is 0 Å². The van der Waals surface area contributed by atoms with E-state index in [-0.39, 0.29) is 12.5 Å². The van der Waals surface area contributed by atoms with E-state index in [2.05, 4.69) is 10.6 Å². The van der Waals surface area contributed by atoms with Crippen LogP contribution in [0.2, 0.25) is 0 Å². The summed E-state index contributed by atoms with van der Waals surface area (Å²) in [5.74, 6) is -0.382. The van der Waals surface area contributed by atoms with Gasteiger partial charge in [-0.15, -0.1) is 0 Å². The zero-order valence-corrected chi connectivity index (χ0v) is 12.5. The molecule has 0 radical (unpaired) electrons. The minimum absolute atomic E-state index is 0.0116. The number of carboxylic acids is 1. The van der Waals surface area contributed by atoms with Crippen LogP contribution in [0.1, 0.15) is 51.4 Å². The van der Waals surface area contributed by atoms with E-state index in [1.807, 2.05) is 0 Å². The summed E-state index contributed by atoms with van der Waals surface area (Å²) in [5.41, 5.74) is -0.566. The highest BCUT2D eigenvalue weighted by atomic mass is 16.5. The normalized spacial score (nSPS) is 22.5. The first kappa shape index (κ1) is 16.1. The molecule has 0 bridgehead atoms. The molecule has 1 heterocycles. The molecule has 120 valence electrons. The molecule has 21 heavy (non-hydrogen) atoms. The highest BCUT2D eigenvalue weighted by molar-refractivity contribution is 5.76. The number of hydrogen-bond acceptors (Lipinski definition) is 3. The Morgan fingerprint density at radius 3 is 2.43 bits per heavy atom. The summed E-state index contributed by atoms with van der Waals surface area (Å²) in [4.78, 5) is 23.2. The van der Waals surface area contributed by atoms with Crippen LogP contribution in [0.15, 0.2) is 0 Å². The van der Waals surface area contributed by atoms with Gasteiger partial charge in [0.2, 0.25) is 0 Å². The van der Waals surface area contributed by atoms with Crippen molar-refractivity contribution in [3.8, 4) is 0 Å². The number of carbonyl (C=O) groups is 2. The average Bonchev–Trinajstić information content (AvgIpc) is 2.46. The van der Waals surface area contributed by atoms with Crippen LogP contribution in [0, 0.1) is 5.92 Å². The number of carbonyl (C=O) groups excluding carboxylic acids is 1. The lowest BCUT2D eigenvalue weighted by atomic mass is 9.79. The molecule has 3 N–H and O–H groups in total. The fourth-order valence-electron chi connectivity index (χ4n) is 3.34. The van der Waals surface area contributed by atoms with Crippen molar-refractivity contribution in [1.82, 2.24) is 10.6 Å². The highest BCUT2D eigenvalue weighted by Crippen LogP contribution is 2.31. The van der Waals surface area contributed by atoms with Crippen molar-refractivity contribution in [2.24, 2.45) is 5.92 Å². The van der Waals surface area contributed by atoms with Gasteiger partial charge in [-0.2, -0.15) is 0 Å². The van der Waals surface area contributed by atoms with E-state index in [9.17, 15) is 9.59 Å². The third-order valence-electron chi connectivity index (χ3n) is 4.57. The SMILES string of the molecule is O=C(O)CC1(NC(=O)NCC2CCOCC2)CCCCC1. The van der Waals surface area contributed by atoms with Gasteiger partial charge in [-0.25, -0.2) is 4.79 Å². The Hall–Kier alpha value is -1.30. The minimum Gasteiger partial charge on any atom is -0.481 e. The summed E-state index contributed by atoms with van der Waals surface area (Å²) in [6, 6.07) is -0.232. The van der Waals surface area contributed by atoms with Crippen LogP contribution in [0.25, 0.3) is 0 Å². The molecule has 2 rings (SSSR count). The molecule has 0 aromatic heterocycles. The first-order chi connectivity index (χ1) is 10.1. The minimum atomic E-state index is -0.846. The molecule has 6 heteroatoms. The molecule has 0 unspecified atom stereocenters. The van der Waals surface area contributed by atoms with Crippen LogP contribution in [0.4, 0.5) is 4.79 Å². The lowest BCUT2D eigenvalue weighted by Gasteiger charge is -2.37. The Morgan fingerprint density at radius 2 is 1.81 bits per heavy atom. The standard InChI is InChI=1S/C15H26N2O4/c18-13(19)10-15(6-2-1-3-7-15)17-14(20)16-11-12-4-8-21-9-5-12/h12H,1-11H2,(H,18,19)(H2,16,17,20). The second-order valence-corrected chi connectivity index (χ2v) is 6.30. The van der Waals surface area contributed by atoms with Crippen LogP contribution < -0.4 is 10.6 Å². The average molecular weight is 298 g/mol. The predicted molar refractivity (Wildman–Crippen MR) is 78.1 cm³/mol. The highest BCUT2D eigenvalue weighted by Gasteiger charge is 2.35. The Morgan fingerprint density at radius 1 is 1.14 bits per heavy atom. The third-order valence-corrected chi connectivity index (χ3v) is 4.57. The molecule has 0 aromatic rings. The fraction of sp³-hybridized carbons (Fsp3) is 0.867. The molecular formula is C15H26N2O4. The number of amides is 2. The lowest BCUT2D eigenvalue weighted by Crippen LogP contribution is -2.54. The smallest absolute Gasteiger partial charge is 0.315 e. The topological polar surface area (TPSA) is 87.7 Å². The summed E-state index contributed by atoms with van der Waals surface area (Å²) in [6.45, 7) is 2.16. The molecule has 2 amide bonds. The Balaban J connectivity index is 1.81. The van der Waals surface area contributed by atoms with E-state index in [4.69, 9.17) is 9.84 Å². The maximum absolute atomic E-state index is 12.1. The van der Waals surface area contributed by atoms with Crippen molar-refractivity contribution >= 4 is 12.0 Å². The largest absolute Gasteiger partial charge is 0.481 e. The van der Waals surface area contributed by atoms with Gasteiger partial charge in [-0.1, -0.05) is 19.3 Å². The van der Waals surface area contributed by atoms with Gasteiger partial charge >= 0.3 is 12.0 Å². The van der Waals surface area contributed by atoms with Gasteiger partial charge in [-0.05, 0) is 31.6 Å². The molecule has 1 aliphatic heterocycles. The van der Waals surface area contributed by atoms with E-state index >= 15 is 0 Å². The first-order valence-corrected chi connectivity index (χ1v) is 7.95. The van der Waals surface area contributed by atoms with E-state index in [1.54, 1.807) is 0 Å². The quantitative estimate of drug-likeness (QED) is 0.723. The van der Waals surface area contributed by atoms with Gasteiger partial charge in [0.1, 0.15) is 0 Å².